The lowest BCUT2D eigenvalue weighted by Gasteiger charge is -2.21. The van der Waals surface area contributed by atoms with Crippen molar-refractivity contribution in [3.05, 3.63) is 73.4 Å². The molecule has 7 heteroatoms. The Balaban J connectivity index is 1.69. The van der Waals surface area contributed by atoms with E-state index in [1.165, 1.54) is 0 Å². The standard InChI is InChI=1S/C21H21N3O4/c1-4-13(15-9-8-11(2)28-15)22-17-18(20(26)19(17)25)23-14-7-5-6-12-10-24(3)21(27)16(12)14/h5-9,13,22-23H,4,10H2,1-3H3/t13-/m1/s1/i13D. The summed E-state index contributed by atoms with van der Waals surface area (Å²) in [5.74, 6) is 0.859. The number of anilines is 3. The van der Waals surface area contributed by atoms with Crippen LogP contribution in [-0.2, 0) is 6.54 Å². The Labute approximate surface area is 163 Å². The van der Waals surface area contributed by atoms with Crippen LogP contribution in [-0.4, -0.2) is 17.9 Å². The van der Waals surface area contributed by atoms with Crippen LogP contribution < -0.4 is 21.5 Å². The number of amides is 1. The van der Waals surface area contributed by atoms with E-state index in [9.17, 15) is 14.4 Å². The summed E-state index contributed by atoms with van der Waals surface area (Å²) in [5, 5.41) is 5.82. The fraction of sp³-hybridized carbons (Fsp3) is 0.286. The number of benzene rings is 1. The van der Waals surface area contributed by atoms with Gasteiger partial charge in [-0.1, -0.05) is 19.1 Å². The van der Waals surface area contributed by atoms with Crippen molar-refractivity contribution in [2.75, 3.05) is 17.7 Å². The Kier molecular flexibility index (Phi) is 4.00. The van der Waals surface area contributed by atoms with Gasteiger partial charge in [0.2, 0.25) is 0 Å². The summed E-state index contributed by atoms with van der Waals surface area (Å²) in [4.78, 5) is 38.5. The van der Waals surface area contributed by atoms with Crippen LogP contribution in [0.5, 0.6) is 0 Å². The maximum atomic E-state index is 12.5. The number of furan rings is 1. The lowest BCUT2D eigenvalue weighted by molar-refractivity contribution is 0.0817. The van der Waals surface area contributed by atoms with Gasteiger partial charge in [0.1, 0.15) is 22.9 Å². The van der Waals surface area contributed by atoms with Crippen molar-refractivity contribution in [1.82, 2.24) is 4.90 Å². The average Bonchev–Trinajstić information content (AvgIpc) is 3.28. The minimum atomic E-state index is -1.40. The number of hydrogen-bond donors (Lipinski definition) is 2. The molecule has 0 bridgehead atoms. The van der Waals surface area contributed by atoms with Crippen LogP contribution in [0.3, 0.4) is 0 Å². The monoisotopic (exact) mass is 380 g/mol. The van der Waals surface area contributed by atoms with E-state index in [2.05, 4.69) is 10.6 Å². The molecule has 0 saturated carbocycles. The normalized spacial score (nSPS) is 16.0. The summed E-state index contributed by atoms with van der Waals surface area (Å²) >= 11 is 0. The zero-order valence-electron chi connectivity index (χ0n) is 16.9. The van der Waals surface area contributed by atoms with Crippen LogP contribution in [0.4, 0.5) is 17.1 Å². The Bertz CT molecular complexity index is 1190. The third-order valence-corrected chi connectivity index (χ3v) is 4.96. The Morgan fingerprint density at radius 1 is 1.18 bits per heavy atom. The molecule has 0 aliphatic carbocycles. The van der Waals surface area contributed by atoms with Gasteiger partial charge in [-0.3, -0.25) is 14.4 Å². The van der Waals surface area contributed by atoms with E-state index in [1.807, 2.05) is 6.07 Å². The summed E-state index contributed by atoms with van der Waals surface area (Å²) < 4.78 is 14.3. The molecule has 0 spiro atoms. The molecule has 7 nitrogen and oxygen atoms in total. The molecule has 2 aromatic carbocycles. The first-order chi connectivity index (χ1) is 13.7. The van der Waals surface area contributed by atoms with Crippen molar-refractivity contribution in [3.8, 4) is 0 Å². The minimum Gasteiger partial charge on any atom is -0.464 e. The van der Waals surface area contributed by atoms with Gasteiger partial charge in [-0.2, -0.15) is 0 Å². The first-order valence-electron chi connectivity index (χ1n) is 9.58. The van der Waals surface area contributed by atoms with Crippen LogP contribution in [0, 0.1) is 6.92 Å². The topological polar surface area (TPSA) is 91.6 Å². The molecule has 0 radical (unpaired) electrons. The molecule has 2 N–H and O–H groups in total. The van der Waals surface area contributed by atoms with Gasteiger partial charge in [-0.05, 0) is 37.1 Å². The van der Waals surface area contributed by atoms with Gasteiger partial charge in [0.05, 0.1) is 18.6 Å². The van der Waals surface area contributed by atoms with Gasteiger partial charge >= 0.3 is 0 Å². The third-order valence-electron chi connectivity index (χ3n) is 4.96. The molecule has 2 heterocycles. The molecule has 0 saturated heterocycles. The zero-order chi connectivity index (χ0) is 20.9. The van der Waals surface area contributed by atoms with Crippen molar-refractivity contribution < 1.29 is 10.6 Å². The predicted octanol–water partition coefficient (Wildman–Crippen LogP) is 3.08. The van der Waals surface area contributed by atoms with E-state index >= 15 is 0 Å². The first-order valence-corrected chi connectivity index (χ1v) is 9.08. The number of carbonyl (C=O) groups is 1. The van der Waals surface area contributed by atoms with E-state index in [1.54, 1.807) is 50.1 Å². The van der Waals surface area contributed by atoms with Gasteiger partial charge in [0.15, 0.2) is 0 Å². The SMILES string of the molecule is [2H][C@](CC)(Nc1c(Nc2cccc3c2C(=O)N(C)C3)c(=O)c1=O)c1ccc(C)o1. The number of nitrogens with zero attached hydrogens (tertiary/aromatic N) is 1. The highest BCUT2D eigenvalue weighted by Gasteiger charge is 2.30. The minimum absolute atomic E-state index is 0.0253. The fourth-order valence-electron chi connectivity index (χ4n) is 3.44. The Morgan fingerprint density at radius 2 is 1.93 bits per heavy atom. The van der Waals surface area contributed by atoms with Crippen LogP contribution >= 0.6 is 0 Å². The van der Waals surface area contributed by atoms with Gasteiger partial charge in [0.25, 0.3) is 16.8 Å². The van der Waals surface area contributed by atoms with E-state index in [4.69, 9.17) is 5.79 Å². The second kappa shape index (κ2) is 6.67. The highest BCUT2D eigenvalue weighted by molar-refractivity contribution is 6.04. The van der Waals surface area contributed by atoms with Crippen molar-refractivity contribution in [2.45, 2.75) is 32.8 Å². The molecular weight excluding hydrogens is 358 g/mol. The Morgan fingerprint density at radius 3 is 2.61 bits per heavy atom. The number of hydrogen-bond acceptors (Lipinski definition) is 6. The summed E-state index contributed by atoms with van der Waals surface area (Å²) in [6, 6.07) is 7.36. The molecule has 3 aromatic rings. The third kappa shape index (κ3) is 2.79. The van der Waals surface area contributed by atoms with Gasteiger partial charge in [-0.15, -0.1) is 0 Å². The second-order valence-electron chi connectivity index (χ2n) is 6.90. The van der Waals surface area contributed by atoms with Gasteiger partial charge < -0.3 is 20.0 Å². The highest BCUT2D eigenvalue weighted by Crippen LogP contribution is 2.33. The summed E-state index contributed by atoms with van der Waals surface area (Å²) in [7, 11) is 1.71. The van der Waals surface area contributed by atoms with Gasteiger partial charge in [0, 0.05) is 13.6 Å². The van der Waals surface area contributed by atoms with E-state index < -0.39 is 16.9 Å². The molecule has 1 atom stereocenters. The molecule has 1 aliphatic heterocycles. The summed E-state index contributed by atoms with van der Waals surface area (Å²) in [5.41, 5.74) is 0.507. The maximum absolute atomic E-state index is 12.5. The number of fused-ring (bicyclic) bond motifs is 1. The lowest BCUT2D eigenvalue weighted by atomic mass is 10.1. The molecule has 28 heavy (non-hydrogen) atoms. The maximum Gasteiger partial charge on any atom is 0.256 e. The molecule has 144 valence electrons. The fourth-order valence-corrected chi connectivity index (χ4v) is 3.44. The Hall–Kier alpha value is -3.35. The lowest BCUT2D eigenvalue weighted by Crippen LogP contribution is -2.37. The van der Waals surface area contributed by atoms with Crippen molar-refractivity contribution in [3.63, 3.8) is 0 Å². The average molecular weight is 380 g/mol. The van der Waals surface area contributed by atoms with Crippen LogP contribution in [0.2, 0.25) is 0 Å². The van der Waals surface area contributed by atoms with E-state index in [0.29, 0.717) is 35.7 Å². The molecule has 1 aliphatic rings. The van der Waals surface area contributed by atoms with Gasteiger partial charge in [-0.25, -0.2) is 0 Å². The molecule has 1 amide bonds. The van der Waals surface area contributed by atoms with E-state index in [0.717, 1.165) is 5.56 Å². The molecule has 4 rings (SSSR count). The zero-order valence-corrected chi connectivity index (χ0v) is 15.9. The second-order valence-corrected chi connectivity index (χ2v) is 6.90. The number of carbonyl (C=O) groups excluding carboxylic acids is 1. The number of nitrogens with one attached hydrogen (secondary N) is 2. The predicted molar refractivity (Wildman–Crippen MR) is 107 cm³/mol. The van der Waals surface area contributed by atoms with Crippen LogP contribution in [0.15, 0.2) is 44.3 Å². The highest BCUT2D eigenvalue weighted by atomic mass is 16.3. The molecule has 0 fully saturated rings. The molecular formula is C21H21N3O4. The quantitative estimate of drug-likeness (QED) is 0.639. The largest absolute Gasteiger partial charge is 0.464 e. The number of aryl methyl sites for hydroxylation is 1. The smallest absolute Gasteiger partial charge is 0.256 e. The number of rotatable bonds is 6. The van der Waals surface area contributed by atoms with Crippen molar-refractivity contribution in [1.29, 1.82) is 0 Å². The van der Waals surface area contributed by atoms with Crippen LogP contribution in [0.1, 0.15) is 48.2 Å². The summed E-state index contributed by atoms with van der Waals surface area (Å²) in [6.07, 6.45) is 0.308. The molecule has 1 aromatic heterocycles. The van der Waals surface area contributed by atoms with Crippen LogP contribution in [0.25, 0.3) is 0 Å². The van der Waals surface area contributed by atoms with Crippen molar-refractivity contribution >= 4 is 23.0 Å². The molecule has 0 unspecified atom stereocenters. The first kappa shape index (κ1) is 16.8. The van der Waals surface area contributed by atoms with Crippen molar-refractivity contribution in [2.24, 2.45) is 0 Å². The summed E-state index contributed by atoms with van der Waals surface area (Å²) in [6.45, 7) is 4.05. The van der Waals surface area contributed by atoms with E-state index in [-0.39, 0.29) is 17.3 Å².